The van der Waals surface area contributed by atoms with Crippen LogP contribution in [-0.4, -0.2) is 101 Å². The van der Waals surface area contributed by atoms with Gasteiger partial charge in [-0.15, -0.1) is 0 Å². The highest BCUT2D eigenvalue weighted by atomic mass is 16.7. The van der Waals surface area contributed by atoms with E-state index < -0.39 is 60.2 Å². The van der Waals surface area contributed by atoms with E-state index in [9.17, 15) is 28.8 Å². The van der Waals surface area contributed by atoms with Crippen molar-refractivity contribution in [2.45, 2.75) is 38.3 Å². The van der Waals surface area contributed by atoms with Crippen LogP contribution in [-0.2, 0) is 28.5 Å². The maximum absolute atomic E-state index is 13.5. The molecule has 0 saturated carbocycles. The Morgan fingerprint density at radius 1 is 0.516 bits per heavy atom. The average Bonchev–Trinajstić information content (AvgIpc) is 3.88. The Kier molecular flexibility index (Phi) is 15.0. The molecule has 4 atom stereocenters. The van der Waals surface area contributed by atoms with Gasteiger partial charge in [0.2, 0.25) is 0 Å². The van der Waals surface area contributed by atoms with E-state index in [1.807, 2.05) is 0 Å². The van der Waals surface area contributed by atoms with Crippen molar-refractivity contribution in [2.75, 3.05) is 40.6 Å². The molecule has 2 aliphatic heterocycles. The summed E-state index contributed by atoms with van der Waals surface area (Å²) < 4.78 is 66.7. The molecule has 0 amide bonds. The lowest BCUT2D eigenvalue weighted by molar-refractivity contribution is -0.129. The Bertz CT molecular complexity index is 2290. The highest BCUT2D eigenvalue weighted by molar-refractivity contribution is 5.97. The first-order valence-corrected chi connectivity index (χ1v) is 19.6. The van der Waals surface area contributed by atoms with E-state index >= 15 is 0 Å². The van der Waals surface area contributed by atoms with E-state index in [2.05, 4.69) is 13.2 Å². The predicted octanol–water partition coefficient (Wildman–Crippen LogP) is 5.67. The summed E-state index contributed by atoms with van der Waals surface area (Å²) in [7, 11) is 2.66. The Balaban J connectivity index is 1.07. The maximum atomic E-state index is 13.5. The SMILES string of the molecule is C=CC(=O)Oc1ccc(C(=O)Oc2ccc(C(=O)O[C@@H]3CO[C@H]4[C@@H]3OC[C@H]4OC(=O)c3ccc(OC(=O)c4ccc(OC(=O)C=C)cc4OC)cc3OCC)c(OCC)c2)c(OC)c1. The number of benzene rings is 4. The summed E-state index contributed by atoms with van der Waals surface area (Å²) in [6, 6.07) is 16.4. The van der Waals surface area contributed by atoms with Gasteiger partial charge in [-0.05, 0) is 62.4 Å². The molecule has 2 saturated heterocycles. The number of hydrogen-bond donors (Lipinski definition) is 0. The van der Waals surface area contributed by atoms with Crippen LogP contribution in [0, 0.1) is 0 Å². The maximum Gasteiger partial charge on any atom is 0.347 e. The molecule has 0 unspecified atom stereocenters. The largest absolute Gasteiger partial charge is 0.496 e. The fraction of sp³-hybridized carbons (Fsp3) is 0.261. The van der Waals surface area contributed by atoms with Gasteiger partial charge >= 0.3 is 35.8 Å². The van der Waals surface area contributed by atoms with E-state index in [-0.39, 0.29) is 94.7 Å². The third-order valence-electron chi connectivity index (χ3n) is 9.40. The molecular weight excluding hydrogens is 840 g/mol. The second-order valence-electron chi connectivity index (χ2n) is 13.4. The van der Waals surface area contributed by atoms with Crippen LogP contribution in [0.1, 0.15) is 55.3 Å². The number of rotatable bonds is 18. The molecule has 0 bridgehead atoms. The van der Waals surface area contributed by atoms with Gasteiger partial charge in [-0.2, -0.15) is 0 Å². The highest BCUT2D eigenvalue weighted by Gasteiger charge is 2.51. The van der Waals surface area contributed by atoms with Gasteiger partial charge in [-0.3, -0.25) is 0 Å². The van der Waals surface area contributed by atoms with Gasteiger partial charge in [0.15, 0.2) is 12.2 Å². The third-order valence-corrected chi connectivity index (χ3v) is 9.40. The summed E-state index contributed by atoms with van der Waals surface area (Å²) in [6.07, 6.45) is -1.37. The van der Waals surface area contributed by atoms with Gasteiger partial charge in [-0.25, -0.2) is 28.8 Å². The summed E-state index contributed by atoms with van der Waals surface area (Å²) in [5, 5.41) is 0. The molecule has 2 fully saturated rings. The predicted molar refractivity (Wildman–Crippen MR) is 221 cm³/mol. The lowest BCUT2D eigenvalue weighted by atomic mass is 10.1. The molecule has 0 aromatic heterocycles. The summed E-state index contributed by atoms with van der Waals surface area (Å²) >= 11 is 0. The minimum Gasteiger partial charge on any atom is -0.496 e. The zero-order chi connectivity index (χ0) is 45.9. The van der Waals surface area contributed by atoms with Crippen molar-refractivity contribution in [2.24, 2.45) is 0 Å². The van der Waals surface area contributed by atoms with Crippen LogP contribution < -0.4 is 37.9 Å². The van der Waals surface area contributed by atoms with Gasteiger partial charge < -0.3 is 56.8 Å². The highest BCUT2D eigenvalue weighted by Crippen LogP contribution is 2.35. The van der Waals surface area contributed by atoms with Crippen LogP contribution in [0.2, 0.25) is 0 Å². The number of fused-ring (bicyclic) bond motifs is 1. The molecular formula is C46H42O18. The Morgan fingerprint density at radius 2 is 0.844 bits per heavy atom. The second kappa shape index (κ2) is 20.9. The van der Waals surface area contributed by atoms with E-state index in [0.29, 0.717) is 0 Å². The van der Waals surface area contributed by atoms with Crippen molar-refractivity contribution >= 4 is 35.8 Å². The zero-order valence-electron chi connectivity index (χ0n) is 35.0. The molecule has 0 radical (unpaired) electrons. The Morgan fingerprint density at radius 3 is 1.17 bits per heavy atom. The number of carbonyl (C=O) groups is 6. The second-order valence-corrected chi connectivity index (χ2v) is 13.4. The van der Waals surface area contributed by atoms with Crippen molar-refractivity contribution in [3.8, 4) is 46.0 Å². The number of carbonyl (C=O) groups excluding carboxylic acids is 6. The zero-order valence-corrected chi connectivity index (χ0v) is 35.0. The van der Waals surface area contributed by atoms with E-state index in [1.165, 1.54) is 87.0 Å². The summed E-state index contributed by atoms with van der Waals surface area (Å²) in [4.78, 5) is 76.5. The molecule has 2 heterocycles. The van der Waals surface area contributed by atoms with Crippen molar-refractivity contribution < 1.29 is 85.6 Å². The molecule has 4 aromatic rings. The standard InChI is InChI=1S/C46H42O18/c1-7-39(47)59-25-11-15-29(33(19-25)53-5)43(49)61-27-13-17-31(35(21-27)55-9-3)45(51)63-37-23-57-42-38(24-58-41(37)42)64-46(52)32-18-14-28(22-36(32)56-10-4)62-44(50)30-16-12-26(20-34(30)54-6)60-40(48)8-2/h7-8,11-22,37-38,41-42H,1-2,9-10,23-24H2,3-6H3/t37-,38-,41-,42-/m1/s1. The molecule has 2 aliphatic rings. The lowest BCUT2D eigenvalue weighted by Crippen LogP contribution is -2.36. The van der Waals surface area contributed by atoms with Crippen molar-refractivity contribution in [3.63, 3.8) is 0 Å². The molecule has 0 N–H and O–H groups in total. The monoisotopic (exact) mass is 882 g/mol. The number of ether oxygens (including phenoxy) is 12. The van der Waals surface area contributed by atoms with Gasteiger partial charge in [-0.1, -0.05) is 13.2 Å². The number of esters is 6. The molecule has 0 aliphatic carbocycles. The van der Waals surface area contributed by atoms with E-state index in [1.54, 1.807) is 13.8 Å². The van der Waals surface area contributed by atoms with Crippen LogP contribution >= 0.6 is 0 Å². The molecule has 64 heavy (non-hydrogen) atoms. The summed E-state index contributed by atoms with van der Waals surface area (Å²) in [5.41, 5.74) is 0.113. The fourth-order valence-corrected chi connectivity index (χ4v) is 6.50. The first-order valence-electron chi connectivity index (χ1n) is 19.6. The van der Waals surface area contributed by atoms with Crippen molar-refractivity contribution in [1.82, 2.24) is 0 Å². The lowest BCUT2D eigenvalue weighted by Gasteiger charge is -2.19. The molecule has 18 nitrogen and oxygen atoms in total. The van der Waals surface area contributed by atoms with Gasteiger partial charge in [0.1, 0.15) is 80.5 Å². The van der Waals surface area contributed by atoms with Crippen LogP contribution in [0.5, 0.6) is 46.0 Å². The van der Waals surface area contributed by atoms with Gasteiger partial charge in [0.05, 0.1) is 40.6 Å². The number of methoxy groups -OCH3 is 2. The van der Waals surface area contributed by atoms with E-state index in [4.69, 9.17) is 56.8 Å². The minimum absolute atomic E-state index is 0.0261. The number of hydrogen-bond acceptors (Lipinski definition) is 18. The fourth-order valence-electron chi connectivity index (χ4n) is 6.50. The van der Waals surface area contributed by atoms with Crippen LogP contribution in [0.25, 0.3) is 0 Å². The minimum atomic E-state index is -0.890. The van der Waals surface area contributed by atoms with Crippen LogP contribution in [0.15, 0.2) is 98.1 Å². The van der Waals surface area contributed by atoms with Crippen molar-refractivity contribution in [3.05, 3.63) is 120 Å². The first-order chi connectivity index (χ1) is 30.9. The van der Waals surface area contributed by atoms with Crippen LogP contribution in [0.3, 0.4) is 0 Å². The van der Waals surface area contributed by atoms with Gasteiger partial charge in [0.25, 0.3) is 0 Å². The third kappa shape index (κ3) is 10.7. The molecule has 334 valence electrons. The molecule has 0 spiro atoms. The molecule has 18 heteroatoms. The summed E-state index contributed by atoms with van der Waals surface area (Å²) in [5.74, 6) is -3.91. The Hall–Kier alpha value is -7.70. The average molecular weight is 883 g/mol. The smallest absolute Gasteiger partial charge is 0.347 e. The van der Waals surface area contributed by atoms with Crippen molar-refractivity contribution in [1.29, 1.82) is 0 Å². The topological polar surface area (TPSA) is 213 Å². The molecule has 6 rings (SSSR count). The van der Waals surface area contributed by atoms with Gasteiger partial charge in [0, 0.05) is 36.4 Å². The first kappa shape index (κ1) is 45.8. The molecule has 4 aromatic carbocycles. The van der Waals surface area contributed by atoms with Crippen LogP contribution in [0.4, 0.5) is 0 Å². The Labute approximate surface area is 366 Å². The summed E-state index contributed by atoms with van der Waals surface area (Å²) in [6.45, 7) is 10.3. The normalized spacial score (nSPS) is 17.1. The van der Waals surface area contributed by atoms with E-state index in [0.717, 1.165) is 12.2 Å². The quantitative estimate of drug-likeness (QED) is 0.0669.